The first-order chi connectivity index (χ1) is 9.54. The molecule has 0 aliphatic heterocycles. The minimum Gasteiger partial charge on any atom is -0.449 e. The molecule has 2 N–H and O–H groups in total. The van der Waals surface area contributed by atoms with Crippen LogP contribution in [0.25, 0.3) is 22.1 Å². The summed E-state index contributed by atoms with van der Waals surface area (Å²) >= 11 is 3.42. The van der Waals surface area contributed by atoms with Crippen LogP contribution in [0.15, 0.2) is 31.9 Å². The summed E-state index contributed by atoms with van der Waals surface area (Å²) in [5, 5.41) is 4.07. The van der Waals surface area contributed by atoms with Crippen LogP contribution in [-0.2, 0) is 6.54 Å². The zero-order chi connectivity index (χ0) is 14.3. The molecule has 1 aromatic carbocycles. The van der Waals surface area contributed by atoms with Gasteiger partial charge in [-0.2, -0.15) is 0 Å². The third-order valence-electron chi connectivity index (χ3n) is 3.01. The molecule has 0 bridgehead atoms. The van der Waals surface area contributed by atoms with Crippen LogP contribution in [0, 0.1) is 0 Å². The second-order valence-electron chi connectivity index (χ2n) is 4.97. The van der Waals surface area contributed by atoms with Crippen molar-refractivity contribution < 1.29 is 4.42 Å². The van der Waals surface area contributed by atoms with E-state index < -0.39 is 0 Å². The summed E-state index contributed by atoms with van der Waals surface area (Å²) in [5.41, 5.74) is 1.29. The van der Waals surface area contributed by atoms with Crippen molar-refractivity contribution in [3.05, 3.63) is 38.9 Å². The number of H-pyrrole nitrogens is 1. The molecule has 0 unspecified atom stereocenters. The van der Waals surface area contributed by atoms with Crippen LogP contribution in [-0.4, -0.2) is 16.0 Å². The van der Waals surface area contributed by atoms with Crippen molar-refractivity contribution in [2.75, 3.05) is 0 Å². The highest BCUT2D eigenvalue weighted by atomic mass is 79.9. The summed E-state index contributed by atoms with van der Waals surface area (Å²) in [7, 11) is 0. The highest BCUT2D eigenvalue weighted by Gasteiger charge is 2.13. The van der Waals surface area contributed by atoms with Crippen LogP contribution >= 0.6 is 15.9 Å². The van der Waals surface area contributed by atoms with Crippen LogP contribution < -0.4 is 10.9 Å². The van der Waals surface area contributed by atoms with Crippen molar-refractivity contribution in [2.45, 2.75) is 26.4 Å². The van der Waals surface area contributed by atoms with E-state index in [4.69, 9.17) is 4.42 Å². The standard InChI is InChI=1S/C14H14BrN3O2/c1-7(2)16-6-11-17-12-9-5-8(15)3-4-10(9)20-13(12)14(19)18-11/h3-5,7,16H,6H2,1-2H3,(H,17,18,19). The van der Waals surface area contributed by atoms with Gasteiger partial charge in [-0.25, -0.2) is 4.98 Å². The third kappa shape index (κ3) is 2.36. The average molecular weight is 336 g/mol. The molecule has 20 heavy (non-hydrogen) atoms. The fourth-order valence-electron chi connectivity index (χ4n) is 2.06. The van der Waals surface area contributed by atoms with Crippen molar-refractivity contribution in [2.24, 2.45) is 0 Å². The van der Waals surface area contributed by atoms with Gasteiger partial charge < -0.3 is 14.7 Å². The second kappa shape index (κ2) is 5.03. The molecule has 0 amide bonds. The molecule has 3 aromatic rings. The normalized spacial score (nSPS) is 11.8. The van der Waals surface area contributed by atoms with Crippen LogP contribution in [0.5, 0.6) is 0 Å². The first kappa shape index (κ1) is 13.3. The summed E-state index contributed by atoms with van der Waals surface area (Å²) in [5.74, 6) is 0.610. The van der Waals surface area contributed by atoms with Gasteiger partial charge in [-0.3, -0.25) is 4.79 Å². The zero-order valence-corrected chi connectivity index (χ0v) is 12.7. The first-order valence-corrected chi connectivity index (χ1v) is 7.18. The maximum Gasteiger partial charge on any atom is 0.294 e. The summed E-state index contributed by atoms with van der Waals surface area (Å²) in [4.78, 5) is 19.3. The Morgan fingerprint density at radius 3 is 3.00 bits per heavy atom. The molecular weight excluding hydrogens is 322 g/mol. The van der Waals surface area contributed by atoms with E-state index in [2.05, 4.69) is 31.2 Å². The van der Waals surface area contributed by atoms with Gasteiger partial charge >= 0.3 is 0 Å². The Hall–Kier alpha value is -1.66. The number of halogens is 1. The van der Waals surface area contributed by atoms with Crippen LogP contribution in [0.3, 0.4) is 0 Å². The topological polar surface area (TPSA) is 70.9 Å². The molecule has 0 aliphatic carbocycles. The van der Waals surface area contributed by atoms with E-state index in [0.29, 0.717) is 29.5 Å². The minimum atomic E-state index is -0.247. The van der Waals surface area contributed by atoms with Crippen molar-refractivity contribution >= 4 is 38.0 Å². The fourth-order valence-corrected chi connectivity index (χ4v) is 2.42. The lowest BCUT2D eigenvalue weighted by molar-refractivity contribution is 0.571. The van der Waals surface area contributed by atoms with Gasteiger partial charge in [0, 0.05) is 15.9 Å². The molecule has 0 atom stereocenters. The Kier molecular flexibility index (Phi) is 3.35. The van der Waals surface area contributed by atoms with Gasteiger partial charge in [0.1, 0.15) is 16.9 Å². The second-order valence-corrected chi connectivity index (χ2v) is 5.88. The van der Waals surface area contributed by atoms with Gasteiger partial charge in [-0.15, -0.1) is 0 Å². The highest BCUT2D eigenvalue weighted by Crippen LogP contribution is 2.27. The molecule has 0 saturated carbocycles. The highest BCUT2D eigenvalue weighted by molar-refractivity contribution is 9.10. The Bertz CT molecular complexity index is 835. The van der Waals surface area contributed by atoms with Gasteiger partial charge in [0.15, 0.2) is 0 Å². The third-order valence-corrected chi connectivity index (χ3v) is 3.51. The van der Waals surface area contributed by atoms with E-state index in [1.807, 2.05) is 32.0 Å². The Labute approximate surface area is 123 Å². The van der Waals surface area contributed by atoms with Crippen LogP contribution in [0.4, 0.5) is 0 Å². The van der Waals surface area contributed by atoms with Gasteiger partial charge in [-0.1, -0.05) is 29.8 Å². The number of aromatic amines is 1. The number of hydrogen-bond acceptors (Lipinski definition) is 4. The van der Waals surface area contributed by atoms with Crippen molar-refractivity contribution in [1.29, 1.82) is 0 Å². The Morgan fingerprint density at radius 1 is 1.45 bits per heavy atom. The number of hydrogen-bond donors (Lipinski definition) is 2. The fraction of sp³-hybridized carbons (Fsp3) is 0.286. The molecule has 0 fully saturated rings. The first-order valence-electron chi connectivity index (χ1n) is 6.39. The molecule has 104 valence electrons. The van der Waals surface area contributed by atoms with E-state index in [0.717, 1.165) is 9.86 Å². The van der Waals surface area contributed by atoms with Gasteiger partial charge in [-0.05, 0) is 18.2 Å². The number of nitrogens with one attached hydrogen (secondary N) is 2. The Morgan fingerprint density at radius 2 is 2.25 bits per heavy atom. The number of aromatic nitrogens is 2. The molecule has 6 heteroatoms. The smallest absolute Gasteiger partial charge is 0.294 e. The van der Waals surface area contributed by atoms with Gasteiger partial charge in [0.25, 0.3) is 5.56 Å². The molecule has 0 aliphatic rings. The lowest BCUT2D eigenvalue weighted by atomic mass is 10.2. The maximum atomic E-state index is 12.1. The number of fused-ring (bicyclic) bond motifs is 3. The lowest BCUT2D eigenvalue weighted by Crippen LogP contribution is -2.24. The van der Waals surface area contributed by atoms with E-state index in [9.17, 15) is 4.79 Å². The Balaban J connectivity index is 2.20. The van der Waals surface area contributed by atoms with Crippen LogP contribution in [0.2, 0.25) is 0 Å². The molecule has 2 aromatic heterocycles. The van der Waals surface area contributed by atoms with Crippen molar-refractivity contribution in [1.82, 2.24) is 15.3 Å². The van der Waals surface area contributed by atoms with E-state index in [1.165, 1.54) is 0 Å². The molecule has 2 heterocycles. The predicted octanol–water partition coefficient (Wildman–Crippen LogP) is 2.93. The molecule has 5 nitrogen and oxygen atoms in total. The minimum absolute atomic E-state index is 0.247. The largest absolute Gasteiger partial charge is 0.449 e. The molecule has 0 spiro atoms. The number of nitrogens with zero attached hydrogens (tertiary/aromatic N) is 1. The van der Waals surface area contributed by atoms with Crippen molar-refractivity contribution in [3.8, 4) is 0 Å². The number of furan rings is 1. The summed E-state index contributed by atoms with van der Waals surface area (Å²) in [6.07, 6.45) is 0. The van der Waals surface area contributed by atoms with Gasteiger partial charge in [0.2, 0.25) is 5.58 Å². The molecule has 0 saturated heterocycles. The quantitative estimate of drug-likeness (QED) is 0.771. The lowest BCUT2D eigenvalue weighted by Gasteiger charge is -2.06. The molecule has 3 rings (SSSR count). The SMILES string of the molecule is CC(C)NCc1nc2c(oc3ccc(Br)cc32)c(=O)[nH]1. The predicted molar refractivity (Wildman–Crippen MR) is 81.8 cm³/mol. The summed E-state index contributed by atoms with van der Waals surface area (Å²) in [6.45, 7) is 4.60. The molecular formula is C14H14BrN3O2. The zero-order valence-electron chi connectivity index (χ0n) is 11.2. The van der Waals surface area contributed by atoms with Crippen LogP contribution in [0.1, 0.15) is 19.7 Å². The van der Waals surface area contributed by atoms with Crippen molar-refractivity contribution in [3.63, 3.8) is 0 Å². The van der Waals surface area contributed by atoms with Gasteiger partial charge in [0.05, 0.1) is 6.54 Å². The summed E-state index contributed by atoms with van der Waals surface area (Å²) in [6, 6.07) is 5.94. The number of benzene rings is 1. The monoisotopic (exact) mass is 335 g/mol. The summed E-state index contributed by atoms with van der Waals surface area (Å²) < 4.78 is 6.50. The van der Waals surface area contributed by atoms with E-state index >= 15 is 0 Å². The molecule has 0 radical (unpaired) electrons. The maximum absolute atomic E-state index is 12.1. The average Bonchev–Trinajstić information content (AvgIpc) is 2.75. The number of rotatable bonds is 3. The van der Waals surface area contributed by atoms with E-state index in [-0.39, 0.29) is 11.1 Å². The van der Waals surface area contributed by atoms with E-state index in [1.54, 1.807) is 0 Å².